The average Bonchev–Trinajstić information content (AvgIpc) is 3.12. The largest absolute Gasteiger partial charge is 0.397 e. The van der Waals surface area contributed by atoms with Crippen LogP contribution in [0.15, 0.2) is 30.3 Å². The van der Waals surface area contributed by atoms with Crippen molar-refractivity contribution in [3.8, 4) is 0 Å². The van der Waals surface area contributed by atoms with Crippen LogP contribution in [0.3, 0.4) is 0 Å². The zero-order chi connectivity index (χ0) is 22.4. The van der Waals surface area contributed by atoms with Gasteiger partial charge in [-0.3, -0.25) is 9.59 Å². The molecule has 1 saturated heterocycles. The molecule has 6 nitrogen and oxygen atoms in total. The van der Waals surface area contributed by atoms with Gasteiger partial charge in [-0.25, -0.2) is 4.98 Å². The molecule has 0 bridgehead atoms. The summed E-state index contributed by atoms with van der Waals surface area (Å²) in [6.07, 6.45) is 3.20. The highest BCUT2D eigenvalue weighted by molar-refractivity contribution is 7.21. The molecule has 1 aliphatic carbocycles. The minimum absolute atomic E-state index is 0.00316. The van der Waals surface area contributed by atoms with Gasteiger partial charge in [-0.05, 0) is 68.0 Å². The Kier molecular flexibility index (Phi) is 5.37. The zero-order valence-corrected chi connectivity index (χ0v) is 19.4. The van der Waals surface area contributed by atoms with E-state index in [-0.39, 0.29) is 11.7 Å². The van der Waals surface area contributed by atoms with Gasteiger partial charge < -0.3 is 15.5 Å². The first-order valence-corrected chi connectivity index (χ1v) is 12.1. The number of thiophene rings is 1. The fourth-order valence-corrected chi connectivity index (χ4v) is 5.81. The molecular weight excluding hydrogens is 420 g/mol. The summed E-state index contributed by atoms with van der Waals surface area (Å²) in [5.41, 5.74) is 11.3. The van der Waals surface area contributed by atoms with E-state index < -0.39 is 0 Å². The van der Waals surface area contributed by atoms with Crippen LogP contribution in [0.5, 0.6) is 0 Å². The fraction of sp³-hybridized carbons (Fsp3) is 0.400. The number of benzene rings is 1. The van der Waals surface area contributed by atoms with Gasteiger partial charge in [-0.15, -0.1) is 11.3 Å². The number of nitrogen functional groups attached to an aromatic ring is 1. The predicted molar refractivity (Wildman–Crippen MR) is 130 cm³/mol. The summed E-state index contributed by atoms with van der Waals surface area (Å²) in [6, 6.07) is 9.85. The van der Waals surface area contributed by atoms with E-state index in [0.29, 0.717) is 35.1 Å². The van der Waals surface area contributed by atoms with Crippen LogP contribution in [0.4, 0.5) is 11.4 Å². The molecule has 1 atom stereocenters. The van der Waals surface area contributed by atoms with Crippen LogP contribution >= 0.6 is 11.3 Å². The number of hydrogen-bond acceptors (Lipinski definition) is 6. The van der Waals surface area contributed by atoms with Crippen molar-refractivity contribution >= 4 is 44.6 Å². The van der Waals surface area contributed by atoms with Crippen molar-refractivity contribution in [2.75, 3.05) is 36.8 Å². The Morgan fingerprint density at radius 3 is 2.53 bits per heavy atom. The van der Waals surface area contributed by atoms with E-state index in [1.807, 2.05) is 29.2 Å². The number of fused-ring (bicyclic) bond motifs is 2. The second-order valence-corrected chi connectivity index (χ2v) is 10.0. The van der Waals surface area contributed by atoms with Crippen LogP contribution in [0.25, 0.3) is 10.2 Å². The maximum Gasteiger partial charge on any atom is 0.266 e. The van der Waals surface area contributed by atoms with Crippen molar-refractivity contribution in [1.82, 2.24) is 9.88 Å². The minimum Gasteiger partial charge on any atom is -0.397 e. The monoisotopic (exact) mass is 448 g/mol. The van der Waals surface area contributed by atoms with Crippen LogP contribution in [0.2, 0.25) is 0 Å². The highest BCUT2D eigenvalue weighted by atomic mass is 32.1. The number of piperazine rings is 1. The highest BCUT2D eigenvalue weighted by Crippen LogP contribution is 2.37. The minimum atomic E-state index is 0.00316. The van der Waals surface area contributed by atoms with Gasteiger partial charge in [-0.2, -0.15) is 0 Å². The third-order valence-electron chi connectivity index (χ3n) is 6.73. The first kappa shape index (κ1) is 20.9. The highest BCUT2D eigenvalue weighted by Gasteiger charge is 2.27. The van der Waals surface area contributed by atoms with Gasteiger partial charge in [0.2, 0.25) is 0 Å². The van der Waals surface area contributed by atoms with Crippen molar-refractivity contribution in [2.45, 2.75) is 33.1 Å². The molecule has 0 radical (unpaired) electrons. The number of nitrogens with zero attached hydrogens (tertiary/aromatic N) is 3. The molecule has 0 unspecified atom stereocenters. The molecule has 1 fully saturated rings. The molecule has 7 heteroatoms. The summed E-state index contributed by atoms with van der Waals surface area (Å²) in [7, 11) is 0. The molecular formula is C25H28N4O2S. The number of amides is 1. The number of rotatable bonds is 3. The topological polar surface area (TPSA) is 79.5 Å². The Balaban J connectivity index is 1.32. The van der Waals surface area contributed by atoms with E-state index in [4.69, 9.17) is 10.7 Å². The molecule has 1 amide bonds. The van der Waals surface area contributed by atoms with Crippen molar-refractivity contribution in [2.24, 2.45) is 5.92 Å². The third kappa shape index (κ3) is 3.75. The second kappa shape index (κ2) is 8.20. The van der Waals surface area contributed by atoms with E-state index in [0.717, 1.165) is 41.8 Å². The quantitative estimate of drug-likeness (QED) is 0.609. The molecule has 0 saturated carbocycles. The normalized spacial score (nSPS) is 18.6. The fourth-order valence-electron chi connectivity index (χ4n) is 4.75. The lowest BCUT2D eigenvalue weighted by Gasteiger charge is -2.36. The Labute approximate surface area is 192 Å². The molecule has 166 valence electrons. The number of pyridine rings is 1. The Hall–Kier alpha value is -2.93. The lowest BCUT2D eigenvalue weighted by atomic mass is 9.87. The van der Waals surface area contributed by atoms with Crippen LogP contribution in [0, 0.1) is 5.92 Å². The van der Waals surface area contributed by atoms with Crippen molar-refractivity contribution < 1.29 is 9.59 Å². The number of aromatic nitrogens is 1. The number of ketones is 1. The maximum absolute atomic E-state index is 13.3. The molecule has 32 heavy (non-hydrogen) atoms. The SMILES string of the molecule is CC(=O)c1ccc(N2CCN(C(=O)c3sc4nc5c(cc4c3N)C[C@H](C)CC5)CC2)cc1. The second-order valence-electron chi connectivity index (χ2n) is 9.02. The van der Waals surface area contributed by atoms with E-state index in [9.17, 15) is 9.59 Å². The van der Waals surface area contributed by atoms with Gasteiger partial charge >= 0.3 is 0 Å². The Bertz CT molecular complexity index is 1190. The molecule has 3 aromatic rings. The predicted octanol–water partition coefficient (Wildman–Crippen LogP) is 4.17. The van der Waals surface area contributed by atoms with Gasteiger partial charge in [0.25, 0.3) is 5.91 Å². The van der Waals surface area contributed by atoms with Gasteiger partial charge in [-0.1, -0.05) is 6.92 Å². The van der Waals surface area contributed by atoms with Gasteiger partial charge in [0.05, 0.1) is 5.69 Å². The van der Waals surface area contributed by atoms with Crippen LogP contribution < -0.4 is 10.6 Å². The van der Waals surface area contributed by atoms with Gasteiger partial charge in [0, 0.05) is 48.5 Å². The molecule has 1 aliphatic heterocycles. The number of carbonyl (C=O) groups is 2. The van der Waals surface area contributed by atoms with E-state index in [1.165, 1.54) is 29.0 Å². The Morgan fingerprint density at radius 1 is 1.12 bits per heavy atom. The number of nitrogens with two attached hydrogens (primary N) is 1. The summed E-state index contributed by atoms with van der Waals surface area (Å²) in [4.78, 5) is 35.3. The smallest absolute Gasteiger partial charge is 0.266 e. The number of aryl methyl sites for hydroxylation is 1. The molecule has 5 rings (SSSR count). The molecule has 2 aliphatic rings. The van der Waals surface area contributed by atoms with Crippen LogP contribution in [-0.2, 0) is 12.8 Å². The van der Waals surface area contributed by atoms with E-state index in [1.54, 1.807) is 6.92 Å². The molecule has 3 heterocycles. The van der Waals surface area contributed by atoms with E-state index in [2.05, 4.69) is 17.9 Å². The molecule has 0 spiro atoms. The Morgan fingerprint density at radius 2 is 1.84 bits per heavy atom. The molecule has 2 aromatic heterocycles. The van der Waals surface area contributed by atoms with Crippen LogP contribution in [0.1, 0.15) is 51.6 Å². The van der Waals surface area contributed by atoms with Gasteiger partial charge in [0.15, 0.2) is 5.78 Å². The lowest BCUT2D eigenvalue weighted by molar-refractivity contribution is 0.0752. The maximum atomic E-state index is 13.3. The summed E-state index contributed by atoms with van der Waals surface area (Å²) < 4.78 is 0. The average molecular weight is 449 g/mol. The first-order valence-electron chi connectivity index (χ1n) is 11.3. The lowest BCUT2D eigenvalue weighted by Crippen LogP contribution is -2.48. The van der Waals surface area contributed by atoms with Crippen molar-refractivity contribution in [3.63, 3.8) is 0 Å². The molecule has 2 N–H and O–H groups in total. The summed E-state index contributed by atoms with van der Waals surface area (Å²) in [5, 5.41) is 0.926. The summed E-state index contributed by atoms with van der Waals surface area (Å²) in [5.74, 6) is 0.735. The third-order valence-corrected chi connectivity index (χ3v) is 7.84. The van der Waals surface area contributed by atoms with Gasteiger partial charge in [0.1, 0.15) is 9.71 Å². The number of anilines is 2. The number of hydrogen-bond donors (Lipinski definition) is 1. The zero-order valence-electron chi connectivity index (χ0n) is 18.6. The first-order chi connectivity index (χ1) is 15.4. The summed E-state index contributed by atoms with van der Waals surface area (Å²) >= 11 is 1.43. The van der Waals surface area contributed by atoms with Crippen molar-refractivity contribution in [3.05, 3.63) is 52.0 Å². The standard InChI is InChI=1S/C25H28N4O2S/c1-15-3-8-21-18(13-15)14-20-22(26)23(32-24(20)27-21)25(31)29-11-9-28(10-12-29)19-6-4-17(5-7-19)16(2)30/h4-7,14-15H,3,8-13,26H2,1-2H3/t15-/m1/s1. The van der Waals surface area contributed by atoms with Crippen LogP contribution in [-0.4, -0.2) is 47.8 Å². The number of carbonyl (C=O) groups excluding carboxylic acids is 2. The van der Waals surface area contributed by atoms with Crippen molar-refractivity contribution in [1.29, 1.82) is 0 Å². The summed E-state index contributed by atoms with van der Waals surface area (Å²) in [6.45, 7) is 6.63. The van der Waals surface area contributed by atoms with E-state index >= 15 is 0 Å². The molecule has 1 aromatic carbocycles. The number of Topliss-reactive ketones (excluding diaryl/α,β-unsaturated/α-hetero) is 1.